The number of carbonyl (C=O) groups excluding carboxylic acids is 1. The van der Waals surface area contributed by atoms with E-state index >= 15 is 0 Å². The van der Waals surface area contributed by atoms with Gasteiger partial charge in [-0.1, -0.05) is 53.0 Å². The second-order valence-corrected chi connectivity index (χ2v) is 9.20. The average Bonchev–Trinajstić information content (AvgIpc) is 3.15. The number of carboxylic acids is 1. The molecule has 2 unspecified atom stereocenters. The van der Waals surface area contributed by atoms with Crippen LogP contribution in [0, 0.1) is 5.92 Å². The number of halogens is 6. The van der Waals surface area contributed by atoms with Gasteiger partial charge in [-0.2, -0.15) is 0 Å². The zero-order valence-corrected chi connectivity index (χ0v) is 18.7. The quantitative estimate of drug-likeness (QED) is 0.275. The van der Waals surface area contributed by atoms with Crippen LogP contribution in [0.4, 0.5) is 0 Å². The molecule has 0 aromatic heterocycles. The minimum atomic E-state index is -1.36. The largest absolute Gasteiger partial charge is 0.478 e. The highest BCUT2D eigenvalue weighted by atomic mass is 35.5. The minimum Gasteiger partial charge on any atom is -0.478 e. The molecule has 2 N–H and O–H groups in total. The van der Waals surface area contributed by atoms with Crippen molar-refractivity contribution in [2.24, 2.45) is 5.92 Å². The predicted molar refractivity (Wildman–Crippen MR) is 115 cm³/mol. The molecule has 1 aromatic carbocycles. The smallest absolute Gasteiger partial charge is 0.332 e. The van der Waals surface area contributed by atoms with Gasteiger partial charge in [-0.05, 0) is 36.8 Å². The fraction of sp³-hybridized carbons (Fsp3) is 0.222. The Morgan fingerprint density at radius 3 is 2.21 bits per heavy atom. The molecule has 28 heavy (non-hydrogen) atoms. The molecule has 2 rings (SSSR count). The molecule has 0 spiro atoms. The van der Waals surface area contributed by atoms with Crippen LogP contribution in [0.15, 0.2) is 52.2 Å². The first-order valence-electron chi connectivity index (χ1n) is 7.67. The summed E-state index contributed by atoms with van der Waals surface area (Å²) < 4.78 is -1.36. The van der Waals surface area contributed by atoms with Crippen molar-refractivity contribution in [1.82, 2.24) is 5.32 Å². The molecule has 0 radical (unpaired) electrons. The molecule has 1 fully saturated rings. The lowest BCUT2D eigenvalue weighted by Crippen LogP contribution is -2.26. The second-order valence-electron chi connectivity index (χ2n) is 6.07. The van der Waals surface area contributed by atoms with E-state index < -0.39 is 28.0 Å². The van der Waals surface area contributed by atoms with E-state index in [1.807, 2.05) is 0 Å². The van der Waals surface area contributed by atoms with Crippen molar-refractivity contribution in [2.45, 2.75) is 17.2 Å². The summed E-state index contributed by atoms with van der Waals surface area (Å²) in [5.74, 6) is -3.04. The number of benzene rings is 1. The molecule has 1 amide bonds. The van der Waals surface area contributed by atoms with Crippen LogP contribution in [0.2, 0.25) is 10.0 Å². The average molecular weight is 504 g/mol. The maximum atomic E-state index is 12.6. The van der Waals surface area contributed by atoms with Crippen LogP contribution in [0.3, 0.4) is 0 Å². The van der Waals surface area contributed by atoms with E-state index in [9.17, 15) is 9.59 Å². The number of aliphatic carboxylic acids is 1. The lowest BCUT2D eigenvalue weighted by atomic mass is 10.1. The lowest BCUT2D eigenvalue weighted by molar-refractivity contribution is -0.132. The fourth-order valence-corrected chi connectivity index (χ4v) is 4.29. The number of alkyl halides is 2. The summed E-state index contributed by atoms with van der Waals surface area (Å²) in [6.07, 6.45) is 1.17. The van der Waals surface area contributed by atoms with Crippen molar-refractivity contribution in [3.63, 3.8) is 0 Å². The highest BCUT2D eigenvalue weighted by molar-refractivity contribution is 6.53. The Labute approximate surface area is 191 Å². The SMILES string of the molecule is C=C(NC(=O)C1C(c2cc(Cl)cc(Cl)c2)C1(Cl)Cl)/C(Cl)=C\C(Cl)=C(/C)C(=O)O. The standard InChI is InChI=1S/C18H13Cl6NO3/c1-7(17(27)28)12(21)6-13(22)8(2)25-16(26)15-14(18(15,23)24)9-3-10(19)5-11(20)4-9/h3-6,14-15H,2H2,1H3,(H,25,26)(H,27,28)/b12-7-,13-6+. The summed E-state index contributed by atoms with van der Waals surface area (Å²) in [6, 6.07) is 4.81. The van der Waals surface area contributed by atoms with Crippen LogP contribution in [0.1, 0.15) is 18.4 Å². The Hall–Kier alpha value is -0.880. The van der Waals surface area contributed by atoms with E-state index in [4.69, 9.17) is 74.7 Å². The summed E-state index contributed by atoms with van der Waals surface area (Å²) in [5.41, 5.74) is 0.527. The van der Waals surface area contributed by atoms with Gasteiger partial charge < -0.3 is 10.4 Å². The molecule has 0 bridgehead atoms. The highest BCUT2D eigenvalue weighted by Crippen LogP contribution is 2.65. The van der Waals surface area contributed by atoms with E-state index in [-0.39, 0.29) is 21.3 Å². The van der Waals surface area contributed by atoms with E-state index in [2.05, 4.69) is 11.9 Å². The van der Waals surface area contributed by atoms with Crippen LogP contribution in [-0.2, 0) is 9.59 Å². The van der Waals surface area contributed by atoms with E-state index in [1.165, 1.54) is 13.0 Å². The molecule has 150 valence electrons. The van der Waals surface area contributed by atoms with Crippen molar-refractivity contribution in [3.8, 4) is 0 Å². The van der Waals surface area contributed by atoms with Crippen LogP contribution < -0.4 is 5.32 Å². The predicted octanol–water partition coefficient (Wildman–Crippen LogP) is 6.23. The molecule has 2 atom stereocenters. The number of carbonyl (C=O) groups is 2. The summed E-state index contributed by atoms with van der Waals surface area (Å²) in [7, 11) is 0. The fourth-order valence-electron chi connectivity index (χ4n) is 2.52. The molecule has 0 saturated heterocycles. The van der Waals surface area contributed by atoms with Gasteiger partial charge in [-0.25, -0.2) is 4.79 Å². The Morgan fingerprint density at radius 1 is 1.18 bits per heavy atom. The van der Waals surface area contributed by atoms with E-state index in [0.29, 0.717) is 15.6 Å². The number of hydrogen-bond acceptors (Lipinski definition) is 2. The molecular formula is C18H13Cl6NO3. The van der Waals surface area contributed by atoms with Crippen molar-refractivity contribution < 1.29 is 14.7 Å². The van der Waals surface area contributed by atoms with Gasteiger partial charge >= 0.3 is 5.97 Å². The van der Waals surface area contributed by atoms with Gasteiger partial charge in [0.25, 0.3) is 0 Å². The zero-order chi connectivity index (χ0) is 21.4. The van der Waals surface area contributed by atoms with Gasteiger partial charge in [0.05, 0.1) is 27.3 Å². The topological polar surface area (TPSA) is 66.4 Å². The van der Waals surface area contributed by atoms with Gasteiger partial charge in [0.1, 0.15) is 4.33 Å². The first-order valence-corrected chi connectivity index (χ1v) is 9.93. The Bertz CT molecular complexity index is 902. The molecule has 10 heteroatoms. The van der Waals surface area contributed by atoms with Crippen molar-refractivity contribution in [2.75, 3.05) is 0 Å². The van der Waals surface area contributed by atoms with Crippen LogP contribution in [0.25, 0.3) is 0 Å². The number of carboxylic acid groups (broad SMARTS) is 1. The van der Waals surface area contributed by atoms with Crippen LogP contribution in [-0.4, -0.2) is 21.3 Å². The molecule has 4 nitrogen and oxygen atoms in total. The monoisotopic (exact) mass is 501 g/mol. The van der Waals surface area contributed by atoms with Gasteiger partial charge in [-0.15, -0.1) is 23.2 Å². The van der Waals surface area contributed by atoms with E-state index in [1.54, 1.807) is 18.2 Å². The molecule has 1 aliphatic carbocycles. The number of nitrogens with one attached hydrogen (secondary N) is 1. The first-order chi connectivity index (χ1) is 12.9. The third-order valence-electron chi connectivity index (χ3n) is 4.07. The van der Waals surface area contributed by atoms with Crippen LogP contribution >= 0.6 is 69.6 Å². The lowest BCUT2D eigenvalue weighted by Gasteiger charge is -2.08. The minimum absolute atomic E-state index is 0.0157. The maximum Gasteiger partial charge on any atom is 0.332 e. The molecule has 1 aromatic rings. The van der Waals surface area contributed by atoms with Gasteiger partial charge in [0.2, 0.25) is 5.91 Å². The van der Waals surface area contributed by atoms with Crippen LogP contribution in [0.5, 0.6) is 0 Å². The van der Waals surface area contributed by atoms with Crippen molar-refractivity contribution >= 4 is 81.5 Å². The van der Waals surface area contributed by atoms with Gasteiger partial charge in [0.15, 0.2) is 0 Å². The molecule has 1 aliphatic rings. The zero-order valence-electron chi connectivity index (χ0n) is 14.2. The van der Waals surface area contributed by atoms with Crippen molar-refractivity contribution in [3.05, 3.63) is 67.8 Å². The molecule has 0 heterocycles. The Kier molecular flexibility index (Phi) is 7.41. The third-order valence-corrected chi connectivity index (χ3v) is 6.18. The molecular weight excluding hydrogens is 491 g/mol. The second kappa shape index (κ2) is 8.86. The summed E-state index contributed by atoms with van der Waals surface area (Å²) >= 11 is 36.5. The molecule has 0 aliphatic heterocycles. The Balaban J connectivity index is 2.15. The number of rotatable bonds is 6. The van der Waals surface area contributed by atoms with Gasteiger partial charge in [-0.3, -0.25) is 4.79 Å². The van der Waals surface area contributed by atoms with Gasteiger partial charge in [0, 0.05) is 16.0 Å². The number of hydrogen-bond donors (Lipinski definition) is 2. The number of amides is 1. The third kappa shape index (κ3) is 5.18. The highest BCUT2D eigenvalue weighted by Gasteiger charge is 2.67. The summed E-state index contributed by atoms with van der Waals surface area (Å²) in [5, 5.41) is 12.0. The summed E-state index contributed by atoms with van der Waals surface area (Å²) in [6.45, 7) is 4.96. The van der Waals surface area contributed by atoms with E-state index in [0.717, 1.165) is 0 Å². The maximum absolute atomic E-state index is 12.6. The Morgan fingerprint density at radius 2 is 1.71 bits per heavy atom. The summed E-state index contributed by atoms with van der Waals surface area (Å²) in [4.78, 5) is 23.5. The molecule has 1 saturated carbocycles. The number of allylic oxidation sites excluding steroid dienone is 3. The first kappa shape index (κ1) is 23.4. The van der Waals surface area contributed by atoms with Crippen molar-refractivity contribution in [1.29, 1.82) is 0 Å². The normalized spacial score (nSPS) is 21.6.